The molecule has 1 aromatic rings. The van der Waals surface area contributed by atoms with Crippen molar-refractivity contribution in [3.63, 3.8) is 0 Å². The SMILES string of the molecule is Brc1cc2cn/c(=N/c3ccno3)nc-2n2c1NCC2. The largest absolute Gasteiger partial charge is 0.369 e. The van der Waals surface area contributed by atoms with Crippen molar-refractivity contribution in [1.82, 2.24) is 19.7 Å². The van der Waals surface area contributed by atoms with Gasteiger partial charge in [0.15, 0.2) is 0 Å². The number of rotatable bonds is 1. The topological polar surface area (TPSA) is 81.1 Å². The second-order valence-electron chi connectivity index (χ2n) is 4.33. The van der Waals surface area contributed by atoms with Crippen molar-refractivity contribution in [2.45, 2.75) is 6.54 Å². The molecule has 8 heteroatoms. The van der Waals surface area contributed by atoms with Crippen molar-refractivity contribution in [2.24, 2.45) is 4.99 Å². The molecule has 4 heterocycles. The summed E-state index contributed by atoms with van der Waals surface area (Å²) >= 11 is 3.55. The monoisotopic (exact) mass is 332 g/mol. The normalized spacial score (nSPS) is 14.6. The van der Waals surface area contributed by atoms with E-state index in [0.717, 1.165) is 34.8 Å². The number of hydrogen-bond donors (Lipinski definition) is 1. The fourth-order valence-electron chi connectivity index (χ4n) is 2.23. The standard InChI is InChI=1S/C12H9BrN6O/c13-8-5-7-6-15-12(17-9-1-2-16-20-9)18-10(7)19-4-3-14-11(8)19/h1-2,5-6,14H,3-4H2/b17-12-. The molecule has 0 bridgehead atoms. The van der Waals surface area contributed by atoms with Crippen LogP contribution in [0.25, 0.3) is 11.4 Å². The van der Waals surface area contributed by atoms with Crippen LogP contribution in [0.15, 0.2) is 38.5 Å². The van der Waals surface area contributed by atoms with Crippen LogP contribution in [0.4, 0.5) is 11.7 Å². The third kappa shape index (κ3) is 1.80. The molecular formula is C12H9BrN6O. The van der Waals surface area contributed by atoms with Gasteiger partial charge in [-0.1, -0.05) is 5.16 Å². The molecule has 0 spiro atoms. The second kappa shape index (κ2) is 4.41. The molecule has 0 saturated carbocycles. The number of halogens is 1. The summed E-state index contributed by atoms with van der Waals surface area (Å²) in [7, 11) is 0. The quantitative estimate of drug-likeness (QED) is 0.734. The van der Waals surface area contributed by atoms with Gasteiger partial charge >= 0.3 is 0 Å². The summed E-state index contributed by atoms with van der Waals surface area (Å²) in [4.78, 5) is 12.9. The van der Waals surface area contributed by atoms with Crippen LogP contribution < -0.4 is 10.9 Å². The predicted molar refractivity (Wildman–Crippen MR) is 74.6 cm³/mol. The number of fused-ring (bicyclic) bond motifs is 3. The molecule has 3 aliphatic heterocycles. The molecule has 0 unspecified atom stereocenters. The van der Waals surface area contributed by atoms with E-state index in [4.69, 9.17) is 4.52 Å². The number of anilines is 1. The summed E-state index contributed by atoms with van der Waals surface area (Å²) in [6.07, 6.45) is 3.29. The molecule has 0 radical (unpaired) electrons. The van der Waals surface area contributed by atoms with E-state index in [2.05, 4.69) is 45.9 Å². The summed E-state index contributed by atoms with van der Waals surface area (Å²) in [5.41, 5.74) is 1.32. The van der Waals surface area contributed by atoms with Crippen LogP contribution in [0.1, 0.15) is 0 Å². The highest BCUT2D eigenvalue weighted by atomic mass is 79.9. The van der Waals surface area contributed by atoms with Gasteiger partial charge in [0.05, 0.1) is 10.7 Å². The minimum absolute atomic E-state index is 0.359. The lowest BCUT2D eigenvalue weighted by Crippen LogP contribution is -2.17. The van der Waals surface area contributed by atoms with E-state index in [9.17, 15) is 0 Å². The number of hydrogen-bond acceptors (Lipinski definition) is 6. The van der Waals surface area contributed by atoms with Crippen LogP contribution >= 0.6 is 15.9 Å². The lowest BCUT2D eigenvalue weighted by Gasteiger charge is -2.13. The third-order valence-corrected chi connectivity index (χ3v) is 3.68. The average Bonchev–Trinajstić information content (AvgIpc) is 3.10. The summed E-state index contributed by atoms with van der Waals surface area (Å²) in [5, 5.41) is 6.93. The van der Waals surface area contributed by atoms with Crippen LogP contribution in [0.3, 0.4) is 0 Å². The summed E-state index contributed by atoms with van der Waals surface area (Å²) in [6, 6.07) is 3.66. The van der Waals surface area contributed by atoms with Crippen molar-refractivity contribution in [1.29, 1.82) is 0 Å². The number of pyridine rings is 1. The van der Waals surface area contributed by atoms with E-state index in [0.29, 0.717) is 11.5 Å². The highest BCUT2D eigenvalue weighted by Gasteiger charge is 2.19. The zero-order valence-electron chi connectivity index (χ0n) is 10.2. The van der Waals surface area contributed by atoms with Gasteiger partial charge in [-0.25, -0.2) is 4.98 Å². The summed E-state index contributed by atoms with van der Waals surface area (Å²) < 4.78 is 8.06. The van der Waals surface area contributed by atoms with Gasteiger partial charge in [-0.15, -0.1) is 0 Å². The van der Waals surface area contributed by atoms with Crippen molar-refractivity contribution >= 4 is 27.6 Å². The van der Waals surface area contributed by atoms with Crippen molar-refractivity contribution in [3.8, 4) is 11.4 Å². The van der Waals surface area contributed by atoms with Gasteiger partial charge in [-0.2, -0.15) is 9.98 Å². The Kier molecular flexibility index (Phi) is 2.56. The molecule has 3 aliphatic rings. The van der Waals surface area contributed by atoms with E-state index in [1.54, 1.807) is 12.3 Å². The number of nitrogens with one attached hydrogen (secondary N) is 1. The van der Waals surface area contributed by atoms with Crippen LogP contribution in [-0.4, -0.2) is 26.2 Å². The molecule has 100 valence electrons. The maximum Gasteiger partial charge on any atom is 0.254 e. The Morgan fingerprint density at radius 1 is 1.45 bits per heavy atom. The van der Waals surface area contributed by atoms with E-state index >= 15 is 0 Å². The molecule has 0 fully saturated rings. The minimum atomic E-state index is 0.359. The molecule has 0 aromatic carbocycles. The van der Waals surface area contributed by atoms with Gasteiger partial charge in [0, 0.05) is 30.9 Å². The lowest BCUT2D eigenvalue weighted by atomic mass is 10.2. The van der Waals surface area contributed by atoms with Gasteiger partial charge in [-0.05, 0) is 22.0 Å². The van der Waals surface area contributed by atoms with Crippen molar-refractivity contribution < 1.29 is 4.52 Å². The first-order valence-corrected chi connectivity index (χ1v) is 6.86. The van der Waals surface area contributed by atoms with Gasteiger partial charge < -0.3 is 14.4 Å². The highest BCUT2D eigenvalue weighted by Crippen LogP contribution is 2.32. The van der Waals surface area contributed by atoms with Crippen molar-refractivity contribution in [3.05, 3.63) is 34.6 Å². The Balaban J connectivity index is 1.96. The van der Waals surface area contributed by atoms with Gasteiger partial charge in [0.25, 0.3) is 11.5 Å². The van der Waals surface area contributed by atoms with Crippen LogP contribution in [0.2, 0.25) is 0 Å². The van der Waals surface area contributed by atoms with Crippen molar-refractivity contribution in [2.75, 3.05) is 11.9 Å². The zero-order chi connectivity index (χ0) is 13.5. The van der Waals surface area contributed by atoms with E-state index < -0.39 is 0 Å². The molecular weight excluding hydrogens is 324 g/mol. The average molecular weight is 333 g/mol. The lowest BCUT2D eigenvalue weighted by molar-refractivity contribution is 0.428. The predicted octanol–water partition coefficient (Wildman–Crippen LogP) is 1.79. The Labute approximate surface area is 121 Å². The molecule has 7 nitrogen and oxygen atoms in total. The second-order valence-corrected chi connectivity index (χ2v) is 5.19. The highest BCUT2D eigenvalue weighted by molar-refractivity contribution is 9.10. The Morgan fingerprint density at radius 2 is 2.40 bits per heavy atom. The van der Waals surface area contributed by atoms with Gasteiger partial charge in [-0.3, -0.25) is 0 Å². The molecule has 0 atom stereocenters. The molecule has 1 aromatic heterocycles. The van der Waals surface area contributed by atoms with Crippen LogP contribution in [0, 0.1) is 0 Å². The minimum Gasteiger partial charge on any atom is -0.369 e. The smallest absolute Gasteiger partial charge is 0.254 e. The maximum atomic E-state index is 4.94. The molecule has 0 amide bonds. The first-order valence-electron chi connectivity index (χ1n) is 6.07. The number of aromatic nitrogens is 4. The fourth-order valence-corrected chi connectivity index (χ4v) is 2.83. The summed E-state index contributed by atoms with van der Waals surface area (Å²) in [5.74, 6) is 2.27. The fraction of sp³-hybridized carbons (Fsp3) is 0.167. The Bertz CT molecular complexity index is 809. The maximum absolute atomic E-state index is 4.94. The Morgan fingerprint density at radius 3 is 3.25 bits per heavy atom. The van der Waals surface area contributed by atoms with Crippen LogP contribution in [-0.2, 0) is 6.54 Å². The Hall–Kier alpha value is -2.22. The molecule has 4 rings (SSSR count). The molecule has 1 N–H and O–H groups in total. The van der Waals surface area contributed by atoms with E-state index in [1.807, 2.05) is 6.07 Å². The third-order valence-electron chi connectivity index (χ3n) is 3.08. The number of nitrogens with zero attached hydrogens (tertiary/aromatic N) is 5. The molecule has 20 heavy (non-hydrogen) atoms. The van der Waals surface area contributed by atoms with Crippen LogP contribution in [0.5, 0.6) is 0 Å². The first kappa shape index (κ1) is 11.6. The van der Waals surface area contributed by atoms with E-state index in [1.165, 1.54) is 6.20 Å². The van der Waals surface area contributed by atoms with Gasteiger partial charge in [0.2, 0.25) is 0 Å². The van der Waals surface area contributed by atoms with Gasteiger partial charge in [0.1, 0.15) is 11.6 Å². The molecule has 0 aliphatic carbocycles. The zero-order valence-corrected chi connectivity index (χ0v) is 11.8. The summed E-state index contributed by atoms with van der Waals surface area (Å²) in [6.45, 7) is 1.75. The first-order chi connectivity index (χ1) is 9.81. The van der Waals surface area contributed by atoms with E-state index in [-0.39, 0.29) is 0 Å². The molecule has 0 saturated heterocycles.